The molecule has 1 heterocycles. The Balaban J connectivity index is 1.47. The van der Waals surface area contributed by atoms with E-state index in [1.165, 1.54) is 0 Å². The van der Waals surface area contributed by atoms with Gasteiger partial charge in [-0.25, -0.2) is 4.79 Å². The molecule has 0 aliphatic carbocycles. The summed E-state index contributed by atoms with van der Waals surface area (Å²) in [7, 11) is 1.63. The summed E-state index contributed by atoms with van der Waals surface area (Å²) in [6.45, 7) is 0.713. The summed E-state index contributed by atoms with van der Waals surface area (Å²) >= 11 is 5.89. The molecule has 0 spiro atoms. The molecule has 0 atom stereocenters. The maximum Gasteiger partial charge on any atom is 0.315 e. The van der Waals surface area contributed by atoms with Gasteiger partial charge >= 0.3 is 6.03 Å². The number of tetrazole rings is 1. The van der Waals surface area contributed by atoms with E-state index in [-0.39, 0.29) is 12.6 Å². The van der Waals surface area contributed by atoms with Crippen molar-refractivity contribution in [2.75, 3.05) is 13.7 Å². The van der Waals surface area contributed by atoms with Crippen molar-refractivity contribution in [1.82, 2.24) is 30.8 Å². The van der Waals surface area contributed by atoms with Gasteiger partial charge in [-0.05, 0) is 58.8 Å². The molecule has 1 aromatic heterocycles. The highest BCUT2D eigenvalue weighted by Gasteiger charge is 2.09. The van der Waals surface area contributed by atoms with Gasteiger partial charge in [0.2, 0.25) is 0 Å². The average Bonchev–Trinajstić information content (AvgIpc) is 3.16. The highest BCUT2D eigenvalue weighted by Crippen LogP contribution is 2.13. The first-order valence-electron chi connectivity index (χ1n) is 8.33. The van der Waals surface area contributed by atoms with E-state index in [0.29, 0.717) is 17.4 Å². The number of carbonyl (C=O) groups excluding carboxylic acids is 1. The van der Waals surface area contributed by atoms with E-state index in [2.05, 4.69) is 26.2 Å². The molecule has 9 heteroatoms. The van der Waals surface area contributed by atoms with Crippen molar-refractivity contribution in [3.8, 4) is 11.4 Å². The maximum atomic E-state index is 12.0. The molecule has 0 saturated carbocycles. The van der Waals surface area contributed by atoms with Crippen LogP contribution in [-0.4, -0.2) is 39.9 Å². The predicted molar refractivity (Wildman–Crippen MR) is 101 cm³/mol. The molecule has 0 fully saturated rings. The number of amides is 2. The number of nitrogens with one attached hydrogen (secondary N) is 2. The van der Waals surface area contributed by atoms with Gasteiger partial charge < -0.3 is 15.4 Å². The molecule has 2 aromatic carbocycles. The zero-order chi connectivity index (χ0) is 19.1. The Morgan fingerprint density at radius 2 is 1.85 bits per heavy atom. The SMILES string of the molecule is COc1ccc(CCNC(=O)NCc2nnnn2-c2ccc(Cl)cc2)cc1. The molecule has 3 aromatic rings. The van der Waals surface area contributed by atoms with Crippen LogP contribution >= 0.6 is 11.6 Å². The van der Waals surface area contributed by atoms with Crippen LogP contribution in [0.1, 0.15) is 11.4 Å². The quantitative estimate of drug-likeness (QED) is 0.650. The lowest BCUT2D eigenvalue weighted by Gasteiger charge is -2.08. The lowest BCUT2D eigenvalue weighted by atomic mass is 10.1. The molecular formula is C18H19ClN6O2. The second-order valence-electron chi connectivity index (χ2n) is 5.69. The van der Waals surface area contributed by atoms with Crippen molar-refractivity contribution in [1.29, 1.82) is 0 Å². The predicted octanol–water partition coefficient (Wildman–Crippen LogP) is 2.37. The minimum atomic E-state index is -0.283. The highest BCUT2D eigenvalue weighted by molar-refractivity contribution is 6.30. The number of aromatic nitrogens is 4. The fourth-order valence-corrected chi connectivity index (χ4v) is 2.56. The third-order valence-corrected chi connectivity index (χ3v) is 4.12. The average molecular weight is 387 g/mol. The Morgan fingerprint density at radius 1 is 1.11 bits per heavy atom. The molecular weight excluding hydrogens is 368 g/mol. The highest BCUT2D eigenvalue weighted by atomic mass is 35.5. The van der Waals surface area contributed by atoms with Gasteiger partial charge in [-0.15, -0.1) is 5.10 Å². The van der Waals surface area contributed by atoms with Crippen LogP contribution in [0.4, 0.5) is 4.79 Å². The number of carbonyl (C=O) groups is 1. The van der Waals surface area contributed by atoms with E-state index in [4.69, 9.17) is 16.3 Å². The second kappa shape index (κ2) is 9.00. The number of hydrogen-bond donors (Lipinski definition) is 2. The maximum absolute atomic E-state index is 12.0. The molecule has 0 unspecified atom stereocenters. The molecule has 0 saturated heterocycles. The van der Waals surface area contributed by atoms with Crippen molar-refractivity contribution in [2.45, 2.75) is 13.0 Å². The van der Waals surface area contributed by atoms with Crippen molar-refractivity contribution < 1.29 is 9.53 Å². The summed E-state index contributed by atoms with van der Waals surface area (Å²) in [5, 5.41) is 17.7. The van der Waals surface area contributed by atoms with Gasteiger partial charge in [0.05, 0.1) is 19.3 Å². The molecule has 0 radical (unpaired) electrons. The van der Waals surface area contributed by atoms with Crippen molar-refractivity contribution in [3.05, 3.63) is 64.9 Å². The zero-order valence-corrected chi connectivity index (χ0v) is 15.5. The van der Waals surface area contributed by atoms with Gasteiger partial charge in [0, 0.05) is 11.6 Å². The Morgan fingerprint density at radius 3 is 2.56 bits per heavy atom. The van der Waals surface area contributed by atoms with Crippen LogP contribution in [0.15, 0.2) is 48.5 Å². The van der Waals surface area contributed by atoms with E-state index in [1.54, 1.807) is 36.1 Å². The van der Waals surface area contributed by atoms with Gasteiger partial charge in [-0.2, -0.15) is 4.68 Å². The van der Waals surface area contributed by atoms with Crippen LogP contribution in [0.25, 0.3) is 5.69 Å². The molecule has 0 bridgehead atoms. The van der Waals surface area contributed by atoms with Crippen LogP contribution in [0.3, 0.4) is 0 Å². The first kappa shape index (κ1) is 18.7. The summed E-state index contributed by atoms with van der Waals surface area (Å²) < 4.78 is 6.67. The van der Waals surface area contributed by atoms with Crippen molar-refractivity contribution >= 4 is 17.6 Å². The summed E-state index contributed by atoms with van der Waals surface area (Å²) in [4.78, 5) is 12.0. The van der Waals surface area contributed by atoms with Gasteiger partial charge in [-0.1, -0.05) is 23.7 Å². The van der Waals surface area contributed by atoms with Crippen LogP contribution in [-0.2, 0) is 13.0 Å². The lowest BCUT2D eigenvalue weighted by molar-refractivity contribution is 0.240. The summed E-state index contributed by atoms with van der Waals surface area (Å²) in [5.41, 5.74) is 1.88. The van der Waals surface area contributed by atoms with Gasteiger partial charge in [0.15, 0.2) is 5.82 Å². The fraction of sp³-hybridized carbons (Fsp3) is 0.222. The third-order valence-electron chi connectivity index (χ3n) is 3.87. The Bertz CT molecular complexity index is 880. The standard InChI is InChI=1S/C18H19ClN6O2/c1-27-16-8-2-13(3-9-16)10-11-20-18(26)21-12-17-22-23-24-25(17)15-6-4-14(19)5-7-15/h2-9H,10-12H2,1H3,(H2,20,21,26). The fourth-order valence-electron chi connectivity index (χ4n) is 2.43. The molecule has 3 rings (SSSR count). The normalized spacial score (nSPS) is 10.4. The summed E-state index contributed by atoms with van der Waals surface area (Å²) in [6.07, 6.45) is 0.722. The molecule has 2 N–H and O–H groups in total. The number of hydrogen-bond acceptors (Lipinski definition) is 5. The monoisotopic (exact) mass is 386 g/mol. The van der Waals surface area contributed by atoms with Gasteiger partial charge in [0.1, 0.15) is 5.75 Å². The van der Waals surface area contributed by atoms with Crippen LogP contribution in [0.5, 0.6) is 5.75 Å². The van der Waals surface area contributed by atoms with E-state index in [0.717, 1.165) is 23.4 Å². The van der Waals surface area contributed by atoms with E-state index < -0.39 is 0 Å². The van der Waals surface area contributed by atoms with E-state index in [1.807, 2.05) is 24.3 Å². The zero-order valence-electron chi connectivity index (χ0n) is 14.7. The number of ether oxygens (including phenoxy) is 1. The summed E-state index contributed by atoms with van der Waals surface area (Å²) in [5.74, 6) is 1.32. The number of urea groups is 1. The summed E-state index contributed by atoms with van der Waals surface area (Å²) in [6, 6.07) is 14.6. The number of nitrogens with zero attached hydrogens (tertiary/aromatic N) is 4. The minimum absolute atomic E-state index is 0.198. The van der Waals surface area contributed by atoms with E-state index >= 15 is 0 Å². The molecule has 27 heavy (non-hydrogen) atoms. The third kappa shape index (κ3) is 5.18. The van der Waals surface area contributed by atoms with Gasteiger partial charge in [-0.3, -0.25) is 0 Å². The first-order valence-corrected chi connectivity index (χ1v) is 8.71. The molecule has 0 aliphatic heterocycles. The Hall–Kier alpha value is -3.13. The Labute approximate surface area is 161 Å². The van der Waals surface area contributed by atoms with Crippen LogP contribution < -0.4 is 15.4 Å². The number of methoxy groups -OCH3 is 1. The minimum Gasteiger partial charge on any atom is -0.497 e. The number of benzene rings is 2. The van der Waals surface area contributed by atoms with Crippen molar-refractivity contribution in [2.24, 2.45) is 0 Å². The van der Waals surface area contributed by atoms with Crippen LogP contribution in [0.2, 0.25) is 5.02 Å². The largest absolute Gasteiger partial charge is 0.497 e. The van der Waals surface area contributed by atoms with Gasteiger partial charge in [0.25, 0.3) is 0 Å². The van der Waals surface area contributed by atoms with Crippen LogP contribution in [0, 0.1) is 0 Å². The Kier molecular flexibility index (Phi) is 6.22. The lowest BCUT2D eigenvalue weighted by Crippen LogP contribution is -2.36. The number of halogens is 1. The first-order chi connectivity index (χ1) is 13.2. The second-order valence-corrected chi connectivity index (χ2v) is 6.13. The molecule has 0 aliphatic rings. The van der Waals surface area contributed by atoms with E-state index in [9.17, 15) is 4.79 Å². The smallest absolute Gasteiger partial charge is 0.315 e. The van der Waals surface area contributed by atoms with Crippen molar-refractivity contribution in [3.63, 3.8) is 0 Å². The number of rotatable bonds is 7. The molecule has 2 amide bonds. The molecule has 140 valence electrons. The topological polar surface area (TPSA) is 94.0 Å². The molecule has 8 nitrogen and oxygen atoms in total.